The third-order valence-corrected chi connectivity index (χ3v) is 5.73. The maximum Gasteiger partial charge on any atom is 0.340 e. The van der Waals surface area contributed by atoms with Crippen LogP contribution in [0.25, 0.3) is 16.6 Å². The van der Waals surface area contributed by atoms with Crippen molar-refractivity contribution in [2.24, 2.45) is 0 Å². The van der Waals surface area contributed by atoms with Crippen LogP contribution in [0.4, 0.5) is 0 Å². The molecule has 0 saturated carbocycles. The number of rotatable bonds is 6. The fourth-order valence-corrected chi connectivity index (χ4v) is 4.17. The number of ether oxygens (including phenoxy) is 2. The molecule has 4 aromatic rings. The zero-order chi connectivity index (χ0) is 24.4. The van der Waals surface area contributed by atoms with Gasteiger partial charge in [0.25, 0.3) is 0 Å². The van der Waals surface area contributed by atoms with Gasteiger partial charge in [0.05, 0.1) is 40.8 Å². The van der Waals surface area contributed by atoms with Crippen molar-refractivity contribution >= 4 is 17.5 Å². The van der Waals surface area contributed by atoms with Gasteiger partial charge in [0.15, 0.2) is 0 Å². The maximum atomic E-state index is 13.5. The SMILES string of the molecule is COC(=O)c1c(C)nc(C)c(C(=O)OCc2ccccc2)c1-c1c(C(C)C)nn2ccccc12. The Hall–Kier alpha value is -4.00. The first-order valence-corrected chi connectivity index (χ1v) is 11.1. The van der Waals surface area contributed by atoms with E-state index >= 15 is 0 Å². The Bertz CT molecular complexity index is 1370. The molecule has 0 spiro atoms. The quantitative estimate of drug-likeness (QED) is 0.366. The first-order valence-electron chi connectivity index (χ1n) is 11.1. The van der Waals surface area contributed by atoms with Crippen LogP contribution in [-0.2, 0) is 16.1 Å². The number of hydrogen-bond donors (Lipinski definition) is 0. The molecule has 0 aliphatic heterocycles. The normalized spacial score (nSPS) is 11.1. The maximum absolute atomic E-state index is 13.5. The number of benzene rings is 1. The largest absolute Gasteiger partial charge is 0.465 e. The summed E-state index contributed by atoms with van der Waals surface area (Å²) in [4.78, 5) is 31.0. The van der Waals surface area contributed by atoms with E-state index in [1.54, 1.807) is 18.4 Å². The first-order chi connectivity index (χ1) is 16.3. The number of hydrogen-bond acceptors (Lipinski definition) is 6. The second-order valence-electron chi connectivity index (χ2n) is 8.41. The lowest BCUT2D eigenvalue weighted by Crippen LogP contribution is -2.17. The molecule has 174 valence electrons. The summed E-state index contributed by atoms with van der Waals surface area (Å²) in [6.07, 6.45) is 1.84. The van der Waals surface area contributed by atoms with Crippen molar-refractivity contribution in [3.63, 3.8) is 0 Å². The van der Waals surface area contributed by atoms with Crippen molar-refractivity contribution in [2.45, 2.75) is 40.2 Å². The van der Waals surface area contributed by atoms with Crippen LogP contribution < -0.4 is 0 Å². The monoisotopic (exact) mass is 457 g/mol. The van der Waals surface area contributed by atoms with Crippen LogP contribution in [0.2, 0.25) is 0 Å². The standard InChI is InChI=1S/C27H27N3O4/c1-16(2)25-23(20-13-9-10-14-30(20)29-25)24-21(26(31)33-5)17(3)28-18(4)22(24)27(32)34-15-19-11-7-6-8-12-19/h6-14,16H,15H2,1-5H3. The fraction of sp³-hybridized carbons (Fsp3) is 0.259. The highest BCUT2D eigenvalue weighted by atomic mass is 16.5. The van der Waals surface area contributed by atoms with Crippen LogP contribution in [0, 0.1) is 13.8 Å². The Balaban J connectivity index is 2.00. The topological polar surface area (TPSA) is 82.8 Å². The smallest absolute Gasteiger partial charge is 0.340 e. The minimum atomic E-state index is -0.568. The molecule has 7 heteroatoms. The molecule has 0 aliphatic rings. The predicted molar refractivity (Wildman–Crippen MR) is 129 cm³/mol. The summed E-state index contributed by atoms with van der Waals surface area (Å²) < 4.78 is 12.6. The summed E-state index contributed by atoms with van der Waals surface area (Å²) in [5.41, 5.74) is 4.98. The van der Waals surface area contributed by atoms with E-state index in [0.29, 0.717) is 22.5 Å². The highest BCUT2D eigenvalue weighted by Gasteiger charge is 2.31. The zero-order valence-electron chi connectivity index (χ0n) is 20.0. The number of carbonyl (C=O) groups excluding carboxylic acids is 2. The summed E-state index contributed by atoms with van der Waals surface area (Å²) in [6.45, 7) is 7.64. The molecule has 0 amide bonds. The van der Waals surface area contributed by atoms with Crippen molar-refractivity contribution < 1.29 is 19.1 Å². The van der Waals surface area contributed by atoms with E-state index in [4.69, 9.17) is 14.6 Å². The average Bonchev–Trinajstić information content (AvgIpc) is 3.22. The summed E-state index contributed by atoms with van der Waals surface area (Å²) in [6, 6.07) is 15.1. The van der Waals surface area contributed by atoms with Gasteiger partial charge in [-0.3, -0.25) is 4.98 Å². The molecule has 3 heterocycles. The number of aryl methyl sites for hydroxylation is 2. The third kappa shape index (κ3) is 4.17. The highest BCUT2D eigenvalue weighted by molar-refractivity contribution is 6.09. The Labute approximate surface area is 198 Å². The number of nitrogens with zero attached hydrogens (tertiary/aromatic N) is 3. The van der Waals surface area contributed by atoms with Gasteiger partial charge in [-0.15, -0.1) is 0 Å². The fourth-order valence-electron chi connectivity index (χ4n) is 4.17. The summed E-state index contributed by atoms with van der Waals surface area (Å²) in [7, 11) is 1.32. The number of methoxy groups -OCH3 is 1. The lowest BCUT2D eigenvalue weighted by atomic mass is 9.89. The van der Waals surface area contributed by atoms with Gasteiger partial charge in [-0.2, -0.15) is 5.10 Å². The molecule has 0 fully saturated rings. The average molecular weight is 458 g/mol. The molecule has 0 radical (unpaired) electrons. The molecule has 0 unspecified atom stereocenters. The Morgan fingerprint density at radius 3 is 2.21 bits per heavy atom. The molecule has 0 bridgehead atoms. The van der Waals surface area contributed by atoms with Crippen molar-refractivity contribution in [3.8, 4) is 11.1 Å². The lowest BCUT2D eigenvalue weighted by Gasteiger charge is -2.18. The van der Waals surface area contributed by atoms with Gasteiger partial charge in [0, 0.05) is 17.3 Å². The number of carbonyl (C=O) groups is 2. The van der Waals surface area contributed by atoms with Gasteiger partial charge in [0.1, 0.15) is 6.61 Å². The molecule has 0 saturated heterocycles. The van der Waals surface area contributed by atoms with E-state index in [1.165, 1.54) is 7.11 Å². The van der Waals surface area contributed by atoms with E-state index in [0.717, 1.165) is 16.8 Å². The number of aromatic nitrogens is 3. The van der Waals surface area contributed by atoms with Crippen molar-refractivity contribution in [1.82, 2.24) is 14.6 Å². The molecule has 1 aromatic carbocycles. The first kappa shape index (κ1) is 23.2. The minimum Gasteiger partial charge on any atom is -0.465 e. The minimum absolute atomic E-state index is 0.0300. The molecular weight excluding hydrogens is 430 g/mol. The van der Waals surface area contributed by atoms with Gasteiger partial charge < -0.3 is 9.47 Å². The summed E-state index contributed by atoms with van der Waals surface area (Å²) in [5.74, 6) is -1.09. The molecular formula is C27H27N3O4. The molecule has 4 rings (SSSR count). The van der Waals surface area contributed by atoms with Gasteiger partial charge >= 0.3 is 11.9 Å². The second kappa shape index (κ2) is 9.47. The van der Waals surface area contributed by atoms with Crippen molar-refractivity contribution in [2.75, 3.05) is 7.11 Å². The third-order valence-electron chi connectivity index (χ3n) is 5.73. The van der Waals surface area contributed by atoms with E-state index in [1.807, 2.05) is 68.6 Å². The Morgan fingerprint density at radius 2 is 1.56 bits per heavy atom. The van der Waals surface area contributed by atoms with Crippen molar-refractivity contribution in [3.05, 3.63) is 88.5 Å². The summed E-state index contributed by atoms with van der Waals surface area (Å²) >= 11 is 0. The summed E-state index contributed by atoms with van der Waals surface area (Å²) in [5, 5.41) is 4.76. The van der Waals surface area contributed by atoms with E-state index in [-0.39, 0.29) is 23.7 Å². The zero-order valence-corrected chi connectivity index (χ0v) is 20.0. The molecule has 0 aliphatic carbocycles. The molecule has 3 aromatic heterocycles. The van der Waals surface area contributed by atoms with Crippen LogP contribution in [-0.4, -0.2) is 33.6 Å². The predicted octanol–water partition coefficient (Wildman–Crippen LogP) is 5.28. The van der Waals surface area contributed by atoms with Crippen LogP contribution in [0.15, 0.2) is 54.7 Å². The van der Waals surface area contributed by atoms with Gasteiger partial charge in [-0.25, -0.2) is 14.1 Å². The number of esters is 2. The Morgan fingerprint density at radius 1 is 0.912 bits per heavy atom. The molecule has 0 atom stereocenters. The van der Waals surface area contributed by atoms with Crippen LogP contribution >= 0.6 is 0 Å². The van der Waals surface area contributed by atoms with Crippen molar-refractivity contribution in [1.29, 1.82) is 0 Å². The van der Waals surface area contributed by atoms with Gasteiger partial charge in [0.2, 0.25) is 0 Å². The van der Waals surface area contributed by atoms with Crippen LogP contribution in [0.5, 0.6) is 0 Å². The highest BCUT2D eigenvalue weighted by Crippen LogP contribution is 2.39. The van der Waals surface area contributed by atoms with Gasteiger partial charge in [-0.1, -0.05) is 50.2 Å². The number of fused-ring (bicyclic) bond motifs is 1. The Kier molecular flexibility index (Phi) is 6.45. The molecule has 7 nitrogen and oxygen atoms in total. The molecule has 0 N–H and O–H groups in total. The van der Waals surface area contributed by atoms with E-state index < -0.39 is 11.9 Å². The van der Waals surface area contributed by atoms with E-state index in [2.05, 4.69) is 4.98 Å². The number of pyridine rings is 2. The van der Waals surface area contributed by atoms with Crippen LogP contribution in [0.3, 0.4) is 0 Å². The van der Waals surface area contributed by atoms with Crippen LogP contribution in [0.1, 0.15) is 63.1 Å². The lowest BCUT2D eigenvalue weighted by molar-refractivity contribution is 0.0472. The second-order valence-corrected chi connectivity index (χ2v) is 8.41. The molecule has 34 heavy (non-hydrogen) atoms. The van der Waals surface area contributed by atoms with E-state index in [9.17, 15) is 9.59 Å². The van der Waals surface area contributed by atoms with Gasteiger partial charge in [-0.05, 0) is 37.5 Å².